The molecule has 3 aliphatic rings. The van der Waals surface area contributed by atoms with E-state index in [0.717, 1.165) is 95.8 Å². The lowest BCUT2D eigenvalue weighted by Crippen LogP contribution is -2.36. The molecule has 3 aliphatic carbocycles. The average molecular weight is 729 g/mol. The van der Waals surface area contributed by atoms with Crippen LogP contribution in [-0.2, 0) is 19.1 Å². The SMILES string of the molecule is CCCCCC[C@H](C/C=C\CCCCCCCC(=O)O[C@@H]1CC(C/C=C2\CCC[C@]3(C)[C@@H]([C@H](C)CCCC(C)(C)O)CC[C@@H]23)C[C@@H](O)C1)OC(C)=O. The van der Waals surface area contributed by atoms with Crippen LogP contribution in [0.1, 0.15) is 202 Å². The fourth-order valence-electron chi connectivity index (χ4n) is 10.2. The summed E-state index contributed by atoms with van der Waals surface area (Å²) in [5.41, 5.74) is 1.47. The van der Waals surface area contributed by atoms with Crippen LogP contribution in [0.25, 0.3) is 0 Å². The number of aliphatic hydroxyl groups excluding tert-OH is 1. The van der Waals surface area contributed by atoms with E-state index in [-0.39, 0.29) is 30.3 Å². The summed E-state index contributed by atoms with van der Waals surface area (Å²) >= 11 is 0. The van der Waals surface area contributed by atoms with Crippen LogP contribution < -0.4 is 0 Å². The molecular formula is C46H80O6. The maximum atomic E-state index is 12.7. The third-order valence-electron chi connectivity index (χ3n) is 13.0. The Labute approximate surface area is 319 Å². The lowest BCUT2D eigenvalue weighted by Gasteiger charge is -2.44. The van der Waals surface area contributed by atoms with Gasteiger partial charge < -0.3 is 19.7 Å². The van der Waals surface area contributed by atoms with Gasteiger partial charge in [-0.15, -0.1) is 0 Å². The van der Waals surface area contributed by atoms with Crippen molar-refractivity contribution < 1.29 is 29.3 Å². The zero-order valence-electron chi connectivity index (χ0n) is 34.5. The van der Waals surface area contributed by atoms with Gasteiger partial charge in [-0.3, -0.25) is 9.59 Å². The predicted octanol–water partition coefficient (Wildman–Crippen LogP) is 11.7. The monoisotopic (exact) mass is 729 g/mol. The van der Waals surface area contributed by atoms with Crippen molar-refractivity contribution in [3.8, 4) is 0 Å². The Morgan fingerprint density at radius 3 is 2.46 bits per heavy atom. The number of allylic oxidation sites excluding steroid dienone is 3. The third kappa shape index (κ3) is 16.4. The summed E-state index contributed by atoms with van der Waals surface area (Å²) in [6.07, 6.45) is 32.5. The largest absolute Gasteiger partial charge is 0.462 e. The number of hydrogen-bond acceptors (Lipinski definition) is 6. The molecule has 0 heterocycles. The van der Waals surface area contributed by atoms with Gasteiger partial charge in [0.25, 0.3) is 0 Å². The lowest BCUT2D eigenvalue weighted by molar-refractivity contribution is -0.153. The van der Waals surface area contributed by atoms with Gasteiger partial charge in [-0.05, 0) is 133 Å². The molecule has 1 unspecified atom stereocenters. The molecule has 8 atom stereocenters. The molecule has 6 heteroatoms. The first-order valence-corrected chi connectivity index (χ1v) is 21.9. The number of ether oxygens (including phenoxy) is 2. The highest BCUT2D eigenvalue weighted by Gasteiger charge is 2.50. The minimum Gasteiger partial charge on any atom is -0.462 e. The van der Waals surface area contributed by atoms with Crippen molar-refractivity contribution >= 4 is 11.9 Å². The minimum absolute atomic E-state index is 0.000504. The highest BCUT2D eigenvalue weighted by molar-refractivity contribution is 5.69. The summed E-state index contributed by atoms with van der Waals surface area (Å²) in [6, 6.07) is 0. The molecule has 300 valence electrons. The summed E-state index contributed by atoms with van der Waals surface area (Å²) < 4.78 is 11.4. The van der Waals surface area contributed by atoms with Crippen LogP contribution in [-0.4, -0.2) is 46.1 Å². The molecule has 0 amide bonds. The van der Waals surface area contributed by atoms with Crippen molar-refractivity contribution in [2.45, 2.75) is 226 Å². The number of carbonyl (C=O) groups excluding carboxylic acids is 2. The summed E-state index contributed by atoms with van der Waals surface area (Å²) in [5, 5.41) is 20.9. The van der Waals surface area contributed by atoms with Gasteiger partial charge in [0.1, 0.15) is 12.2 Å². The molecule has 3 rings (SSSR count). The van der Waals surface area contributed by atoms with Gasteiger partial charge in [0.2, 0.25) is 0 Å². The van der Waals surface area contributed by atoms with E-state index in [2.05, 4.69) is 39.0 Å². The number of unbranched alkanes of at least 4 members (excludes halogenated alkanes) is 8. The highest BCUT2D eigenvalue weighted by Crippen LogP contribution is 2.60. The molecule has 0 bridgehead atoms. The molecule has 2 N–H and O–H groups in total. The van der Waals surface area contributed by atoms with E-state index in [4.69, 9.17) is 9.47 Å². The van der Waals surface area contributed by atoms with Crippen molar-refractivity contribution in [1.82, 2.24) is 0 Å². The van der Waals surface area contributed by atoms with E-state index in [9.17, 15) is 19.8 Å². The van der Waals surface area contributed by atoms with Gasteiger partial charge in [-0.2, -0.15) is 0 Å². The Balaban J connectivity index is 1.32. The molecule has 52 heavy (non-hydrogen) atoms. The first kappa shape index (κ1) is 44.7. The summed E-state index contributed by atoms with van der Waals surface area (Å²) in [7, 11) is 0. The summed E-state index contributed by atoms with van der Waals surface area (Å²) in [6.45, 7) is 12.6. The van der Waals surface area contributed by atoms with Gasteiger partial charge in [0.15, 0.2) is 0 Å². The maximum absolute atomic E-state index is 12.7. The molecule has 6 nitrogen and oxygen atoms in total. The predicted molar refractivity (Wildman–Crippen MR) is 214 cm³/mol. The van der Waals surface area contributed by atoms with E-state index in [1.54, 1.807) is 5.57 Å². The van der Waals surface area contributed by atoms with Gasteiger partial charge in [0, 0.05) is 26.2 Å². The van der Waals surface area contributed by atoms with Crippen LogP contribution in [0.5, 0.6) is 0 Å². The van der Waals surface area contributed by atoms with Gasteiger partial charge in [0.05, 0.1) is 11.7 Å². The number of hydrogen-bond donors (Lipinski definition) is 2. The second-order valence-electron chi connectivity index (χ2n) is 18.2. The second kappa shape index (κ2) is 23.3. The fraction of sp³-hybridized carbons (Fsp3) is 0.870. The van der Waals surface area contributed by atoms with E-state index >= 15 is 0 Å². The Morgan fingerprint density at radius 2 is 1.71 bits per heavy atom. The molecular weight excluding hydrogens is 649 g/mol. The molecule has 0 saturated heterocycles. The molecule has 0 aromatic carbocycles. The van der Waals surface area contributed by atoms with Crippen molar-refractivity contribution in [3.63, 3.8) is 0 Å². The number of fused-ring (bicyclic) bond motifs is 1. The van der Waals surface area contributed by atoms with Crippen molar-refractivity contribution in [2.24, 2.45) is 29.1 Å². The Morgan fingerprint density at radius 1 is 0.962 bits per heavy atom. The quantitative estimate of drug-likeness (QED) is 0.0584. The van der Waals surface area contributed by atoms with Crippen LogP contribution in [0, 0.1) is 29.1 Å². The van der Waals surface area contributed by atoms with E-state index in [1.165, 1.54) is 64.7 Å². The van der Waals surface area contributed by atoms with Crippen LogP contribution in [0.15, 0.2) is 23.8 Å². The topological polar surface area (TPSA) is 93.1 Å². The maximum Gasteiger partial charge on any atom is 0.306 e. The average Bonchev–Trinajstić information content (AvgIpc) is 3.43. The van der Waals surface area contributed by atoms with Crippen molar-refractivity contribution in [1.29, 1.82) is 0 Å². The number of esters is 2. The molecule has 3 saturated carbocycles. The van der Waals surface area contributed by atoms with Crippen LogP contribution in [0.4, 0.5) is 0 Å². The van der Waals surface area contributed by atoms with Gasteiger partial charge in [-0.1, -0.05) is 95.9 Å². The third-order valence-corrected chi connectivity index (χ3v) is 13.0. The smallest absolute Gasteiger partial charge is 0.306 e. The molecule has 3 fully saturated rings. The van der Waals surface area contributed by atoms with E-state index in [0.29, 0.717) is 36.0 Å². The highest BCUT2D eigenvalue weighted by atomic mass is 16.5. The Kier molecular flexibility index (Phi) is 20.0. The standard InChI is InChI=1S/C46H80O6/c1-7-8-9-16-23-40(51-36(3)47)24-17-14-12-10-11-13-15-18-25-44(49)52-41-33-37(32-39(48)34-41)26-27-38-22-20-31-46(6)42(28-29-43(38)46)35(2)21-19-30-45(4,5)50/h14,17,27,35,37,39-43,48,50H,7-13,15-16,18-26,28-34H2,1-6H3/b17-14-,38-27+/t35-,37?,39-,40-,41-,42-,43+,46-/m1/s1. The number of carbonyl (C=O) groups is 2. The first-order chi connectivity index (χ1) is 24.8. The molecule has 0 aliphatic heterocycles. The minimum atomic E-state index is -0.569. The van der Waals surface area contributed by atoms with Crippen LogP contribution >= 0.6 is 0 Å². The van der Waals surface area contributed by atoms with Gasteiger partial charge in [-0.25, -0.2) is 0 Å². The second-order valence-corrected chi connectivity index (χ2v) is 18.2. The Hall–Kier alpha value is -1.66. The van der Waals surface area contributed by atoms with E-state index in [1.807, 2.05) is 13.8 Å². The summed E-state index contributed by atoms with van der Waals surface area (Å²) in [5.74, 6) is 2.21. The zero-order chi connectivity index (χ0) is 38.0. The number of rotatable bonds is 24. The van der Waals surface area contributed by atoms with Crippen molar-refractivity contribution in [2.75, 3.05) is 0 Å². The number of aliphatic hydroxyl groups is 2. The Bertz CT molecular complexity index is 1090. The normalized spacial score (nSPS) is 28.5. The first-order valence-electron chi connectivity index (χ1n) is 21.9. The lowest BCUT2D eigenvalue weighted by atomic mass is 9.60. The molecule has 0 spiro atoms. The fourth-order valence-corrected chi connectivity index (χ4v) is 10.2. The van der Waals surface area contributed by atoms with Crippen molar-refractivity contribution in [3.05, 3.63) is 23.8 Å². The zero-order valence-corrected chi connectivity index (χ0v) is 34.5. The van der Waals surface area contributed by atoms with Crippen LogP contribution in [0.2, 0.25) is 0 Å². The molecule has 0 radical (unpaired) electrons. The van der Waals surface area contributed by atoms with Crippen LogP contribution in [0.3, 0.4) is 0 Å². The summed E-state index contributed by atoms with van der Waals surface area (Å²) in [4.78, 5) is 24.2. The van der Waals surface area contributed by atoms with E-state index < -0.39 is 5.60 Å². The molecule has 0 aromatic heterocycles. The van der Waals surface area contributed by atoms with Gasteiger partial charge >= 0.3 is 11.9 Å². The molecule has 0 aromatic rings.